The van der Waals surface area contributed by atoms with Crippen molar-refractivity contribution < 1.29 is 9.47 Å². The van der Waals surface area contributed by atoms with Gasteiger partial charge in [-0.1, -0.05) is 6.58 Å². The molecule has 0 saturated heterocycles. The van der Waals surface area contributed by atoms with E-state index >= 15 is 0 Å². The van der Waals surface area contributed by atoms with E-state index in [-0.39, 0.29) is 0 Å². The molecule has 0 unspecified atom stereocenters. The normalized spacial score (nSPS) is 11.4. The van der Waals surface area contributed by atoms with E-state index in [0.717, 1.165) is 0 Å². The van der Waals surface area contributed by atoms with Crippen molar-refractivity contribution in [1.82, 2.24) is 0 Å². The van der Waals surface area contributed by atoms with Gasteiger partial charge in [-0.05, 0) is 6.08 Å². The van der Waals surface area contributed by atoms with E-state index in [1.165, 1.54) is 20.3 Å². The van der Waals surface area contributed by atoms with Crippen LogP contribution in [0.3, 0.4) is 0 Å². The van der Waals surface area contributed by atoms with Crippen LogP contribution in [0.15, 0.2) is 12.7 Å². The first-order valence-corrected chi connectivity index (χ1v) is 2.28. The number of rotatable bonds is 3. The van der Waals surface area contributed by atoms with Gasteiger partial charge in [0.25, 0.3) is 0 Å². The fraction of sp³-hybridized carbons (Fsp3) is 0.500. The zero-order valence-electron chi connectivity index (χ0n) is 5.31. The lowest BCUT2D eigenvalue weighted by molar-refractivity contribution is -0.135. The van der Waals surface area contributed by atoms with Gasteiger partial charge in [-0.25, -0.2) is 0 Å². The van der Waals surface area contributed by atoms with E-state index in [1.54, 1.807) is 0 Å². The van der Waals surface area contributed by atoms with E-state index in [9.17, 15) is 0 Å². The van der Waals surface area contributed by atoms with Gasteiger partial charge in [-0.3, -0.25) is 0 Å². The second-order valence-electron chi connectivity index (χ2n) is 1.42. The number of hydrogen-bond donors (Lipinski definition) is 0. The molecule has 0 heterocycles. The van der Waals surface area contributed by atoms with Crippen molar-refractivity contribution in [3.05, 3.63) is 19.6 Å². The SMILES string of the molecule is [CH2]C(C=C)(OC)OC. The van der Waals surface area contributed by atoms with E-state index in [2.05, 4.69) is 13.5 Å². The number of methoxy groups -OCH3 is 2. The Morgan fingerprint density at radius 3 is 1.75 bits per heavy atom. The van der Waals surface area contributed by atoms with E-state index < -0.39 is 5.79 Å². The first kappa shape index (κ1) is 7.66. The van der Waals surface area contributed by atoms with Crippen molar-refractivity contribution >= 4 is 0 Å². The molecule has 0 rings (SSSR count). The predicted molar refractivity (Wildman–Crippen MR) is 32.3 cm³/mol. The van der Waals surface area contributed by atoms with Crippen LogP contribution in [0.1, 0.15) is 0 Å². The van der Waals surface area contributed by atoms with Gasteiger partial charge >= 0.3 is 0 Å². The van der Waals surface area contributed by atoms with E-state index in [4.69, 9.17) is 9.47 Å². The minimum Gasteiger partial charge on any atom is -0.350 e. The summed E-state index contributed by atoms with van der Waals surface area (Å²) in [5, 5.41) is 0. The molecular weight excluding hydrogens is 104 g/mol. The lowest BCUT2D eigenvalue weighted by atomic mass is 10.3. The molecule has 0 aliphatic heterocycles. The Labute approximate surface area is 50.1 Å². The highest BCUT2D eigenvalue weighted by molar-refractivity contribution is 4.90. The van der Waals surface area contributed by atoms with Crippen LogP contribution in [0.2, 0.25) is 0 Å². The van der Waals surface area contributed by atoms with Crippen LogP contribution >= 0.6 is 0 Å². The fourth-order valence-electron chi connectivity index (χ4n) is 0.250. The molecule has 0 aromatic rings. The Morgan fingerprint density at radius 2 is 1.75 bits per heavy atom. The van der Waals surface area contributed by atoms with Crippen LogP contribution in [0.25, 0.3) is 0 Å². The molecule has 0 aliphatic carbocycles. The minimum atomic E-state index is -0.861. The summed E-state index contributed by atoms with van der Waals surface area (Å²) in [6.07, 6.45) is 1.49. The second kappa shape index (κ2) is 2.84. The lowest BCUT2D eigenvalue weighted by Gasteiger charge is -2.20. The topological polar surface area (TPSA) is 18.5 Å². The smallest absolute Gasteiger partial charge is 0.187 e. The Balaban J connectivity index is 3.76. The Kier molecular flexibility index (Phi) is 2.72. The van der Waals surface area contributed by atoms with Gasteiger partial charge in [0.2, 0.25) is 0 Å². The van der Waals surface area contributed by atoms with E-state index in [1.807, 2.05) is 0 Å². The molecule has 2 heteroatoms. The van der Waals surface area contributed by atoms with Crippen molar-refractivity contribution in [3.8, 4) is 0 Å². The first-order chi connectivity index (χ1) is 3.68. The highest BCUT2D eigenvalue weighted by atomic mass is 16.7. The summed E-state index contributed by atoms with van der Waals surface area (Å²) in [5.74, 6) is -0.861. The van der Waals surface area contributed by atoms with Crippen LogP contribution < -0.4 is 0 Å². The molecular formula is C6H11O2. The molecule has 0 saturated carbocycles. The van der Waals surface area contributed by atoms with Crippen molar-refractivity contribution in [2.75, 3.05) is 14.2 Å². The van der Waals surface area contributed by atoms with Gasteiger partial charge in [0.15, 0.2) is 5.79 Å². The molecule has 0 aromatic heterocycles. The molecule has 2 nitrogen and oxygen atoms in total. The van der Waals surface area contributed by atoms with Crippen molar-refractivity contribution in [3.63, 3.8) is 0 Å². The standard InChI is InChI=1S/C6H11O2/c1-5-6(2,7-3)8-4/h5H,1-2H2,3-4H3. The molecule has 8 heavy (non-hydrogen) atoms. The summed E-state index contributed by atoms with van der Waals surface area (Å²) in [4.78, 5) is 0. The van der Waals surface area contributed by atoms with E-state index in [0.29, 0.717) is 0 Å². The van der Waals surface area contributed by atoms with Gasteiger partial charge in [0, 0.05) is 21.1 Å². The van der Waals surface area contributed by atoms with Crippen LogP contribution in [-0.4, -0.2) is 20.0 Å². The molecule has 0 fully saturated rings. The summed E-state index contributed by atoms with van der Waals surface area (Å²) in [6, 6.07) is 0. The second-order valence-corrected chi connectivity index (χ2v) is 1.42. The number of hydrogen-bond acceptors (Lipinski definition) is 2. The molecule has 0 N–H and O–H groups in total. The molecule has 0 bridgehead atoms. The summed E-state index contributed by atoms with van der Waals surface area (Å²) < 4.78 is 9.57. The lowest BCUT2D eigenvalue weighted by Crippen LogP contribution is -2.26. The zero-order chi connectivity index (χ0) is 6.62. The van der Waals surface area contributed by atoms with Crippen molar-refractivity contribution in [2.45, 2.75) is 5.79 Å². The van der Waals surface area contributed by atoms with Gasteiger partial charge in [-0.15, -0.1) is 0 Å². The van der Waals surface area contributed by atoms with Gasteiger partial charge < -0.3 is 9.47 Å². The quantitative estimate of drug-likeness (QED) is 0.403. The van der Waals surface area contributed by atoms with Gasteiger partial charge in [0.1, 0.15) is 0 Å². The predicted octanol–water partition coefficient (Wildman–Crippen LogP) is 0.996. The molecule has 47 valence electrons. The monoisotopic (exact) mass is 115 g/mol. The van der Waals surface area contributed by atoms with Gasteiger partial charge in [-0.2, -0.15) is 0 Å². The average Bonchev–Trinajstić information content (AvgIpc) is 1.87. The van der Waals surface area contributed by atoms with Gasteiger partial charge in [0.05, 0.1) is 0 Å². The van der Waals surface area contributed by atoms with Crippen LogP contribution in [-0.2, 0) is 9.47 Å². The maximum Gasteiger partial charge on any atom is 0.187 e. The van der Waals surface area contributed by atoms with Crippen LogP contribution in [0, 0.1) is 6.92 Å². The Morgan fingerprint density at radius 1 is 1.38 bits per heavy atom. The average molecular weight is 115 g/mol. The number of ether oxygens (including phenoxy) is 2. The summed E-state index contributed by atoms with van der Waals surface area (Å²) in [5.41, 5.74) is 0. The largest absolute Gasteiger partial charge is 0.350 e. The maximum atomic E-state index is 4.78. The third kappa shape index (κ3) is 1.64. The zero-order valence-corrected chi connectivity index (χ0v) is 5.31. The fourth-order valence-corrected chi connectivity index (χ4v) is 0.250. The first-order valence-electron chi connectivity index (χ1n) is 2.28. The summed E-state index contributed by atoms with van der Waals surface area (Å²) in [7, 11) is 3.02. The molecule has 0 spiro atoms. The third-order valence-corrected chi connectivity index (χ3v) is 1.00. The summed E-state index contributed by atoms with van der Waals surface area (Å²) >= 11 is 0. The molecule has 0 aromatic carbocycles. The highest BCUT2D eigenvalue weighted by Crippen LogP contribution is 2.08. The Hall–Kier alpha value is -0.340. The van der Waals surface area contributed by atoms with Crippen LogP contribution in [0.4, 0.5) is 0 Å². The molecule has 0 aliphatic rings. The third-order valence-electron chi connectivity index (χ3n) is 1.00. The summed E-state index contributed by atoms with van der Waals surface area (Å²) in [6.45, 7) is 7.02. The Bertz CT molecular complexity index is 74.6. The van der Waals surface area contributed by atoms with Crippen LogP contribution in [0.5, 0.6) is 0 Å². The highest BCUT2D eigenvalue weighted by Gasteiger charge is 2.15. The van der Waals surface area contributed by atoms with Crippen molar-refractivity contribution in [2.24, 2.45) is 0 Å². The molecule has 1 radical (unpaired) electrons. The maximum absolute atomic E-state index is 4.78. The molecule has 0 amide bonds. The molecule has 0 atom stereocenters. The van der Waals surface area contributed by atoms with Crippen molar-refractivity contribution in [1.29, 1.82) is 0 Å². The minimum absolute atomic E-state index is 0.861.